The van der Waals surface area contributed by atoms with Crippen molar-refractivity contribution < 1.29 is 4.79 Å². The second kappa shape index (κ2) is 7.70. The van der Waals surface area contributed by atoms with Crippen molar-refractivity contribution in [3.8, 4) is 22.3 Å². The maximum atomic E-state index is 12.9. The number of nitrogens with zero attached hydrogens (tertiary/aromatic N) is 3. The lowest BCUT2D eigenvalue weighted by Crippen LogP contribution is -2.31. The van der Waals surface area contributed by atoms with Crippen LogP contribution in [0.5, 0.6) is 0 Å². The van der Waals surface area contributed by atoms with Gasteiger partial charge >= 0.3 is 0 Å². The van der Waals surface area contributed by atoms with Gasteiger partial charge in [-0.1, -0.05) is 45.4 Å². The van der Waals surface area contributed by atoms with E-state index in [4.69, 9.17) is 11.6 Å². The average Bonchev–Trinajstić information content (AvgIpc) is 3.17. The topological polar surface area (TPSA) is 46.1 Å². The molecule has 32 heavy (non-hydrogen) atoms. The van der Waals surface area contributed by atoms with Crippen molar-refractivity contribution >= 4 is 17.5 Å². The number of piperidine rings is 1. The number of carbonyl (C=O) groups excluding carboxylic acids is 1. The Kier molecular flexibility index (Phi) is 5.09. The molecule has 2 aliphatic rings. The molecular weight excluding hydrogens is 418 g/mol. The molecule has 4 nitrogen and oxygen atoms in total. The van der Waals surface area contributed by atoms with Crippen molar-refractivity contribution in [3.63, 3.8) is 0 Å². The molecule has 5 rings (SSSR count). The van der Waals surface area contributed by atoms with E-state index in [1.165, 1.54) is 0 Å². The maximum Gasteiger partial charge on any atom is 0.253 e. The molecule has 1 aromatic carbocycles. The summed E-state index contributed by atoms with van der Waals surface area (Å²) in [5.74, 6) is 2.23. The largest absolute Gasteiger partial charge is 0.338 e. The zero-order valence-corrected chi connectivity index (χ0v) is 19.7. The molecule has 1 aliphatic carbocycles. The van der Waals surface area contributed by atoms with Gasteiger partial charge in [0.15, 0.2) is 0 Å². The molecule has 0 N–H and O–H groups in total. The molecule has 164 valence electrons. The monoisotopic (exact) mass is 445 g/mol. The molecule has 0 bridgehead atoms. The maximum absolute atomic E-state index is 12.9. The van der Waals surface area contributed by atoms with Gasteiger partial charge in [-0.05, 0) is 53.6 Å². The van der Waals surface area contributed by atoms with Crippen LogP contribution in [0.4, 0.5) is 0 Å². The second-order valence-corrected chi connectivity index (χ2v) is 10.6. The fraction of sp³-hybridized carbons (Fsp3) is 0.370. The van der Waals surface area contributed by atoms with Crippen LogP contribution in [-0.2, 0) is 5.41 Å². The first kappa shape index (κ1) is 21.1. The van der Waals surface area contributed by atoms with Gasteiger partial charge in [0.1, 0.15) is 0 Å². The third-order valence-corrected chi connectivity index (χ3v) is 7.35. The van der Waals surface area contributed by atoms with Crippen LogP contribution in [-0.4, -0.2) is 33.9 Å². The Hall–Kier alpha value is -2.72. The predicted molar refractivity (Wildman–Crippen MR) is 129 cm³/mol. The average molecular weight is 446 g/mol. The Balaban J connectivity index is 1.40. The van der Waals surface area contributed by atoms with Crippen molar-refractivity contribution in [2.45, 2.75) is 33.1 Å². The molecule has 5 heteroatoms. The van der Waals surface area contributed by atoms with E-state index in [0.717, 1.165) is 47.0 Å². The van der Waals surface area contributed by atoms with Gasteiger partial charge in [0, 0.05) is 70.1 Å². The summed E-state index contributed by atoms with van der Waals surface area (Å²) in [4.78, 5) is 23.9. The molecule has 0 unspecified atom stereocenters. The quantitative estimate of drug-likeness (QED) is 0.489. The zero-order chi connectivity index (χ0) is 22.6. The number of benzene rings is 1. The smallest absolute Gasteiger partial charge is 0.253 e. The van der Waals surface area contributed by atoms with E-state index in [0.29, 0.717) is 22.4 Å². The Morgan fingerprint density at radius 1 is 1.00 bits per heavy atom. The van der Waals surface area contributed by atoms with E-state index >= 15 is 0 Å². The highest BCUT2D eigenvalue weighted by Gasteiger charge is 2.53. The van der Waals surface area contributed by atoms with Crippen molar-refractivity contribution in [2.24, 2.45) is 17.8 Å². The molecular formula is C27H28ClN3O. The summed E-state index contributed by atoms with van der Waals surface area (Å²) >= 11 is 6.65. The number of amides is 1. The highest BCUT2D eigenvalue weighted by molar-refractivity contribution is 6.33. The van der Waals surface area contributed by atoms with E-state index in [2.05, 4.69) is 49.8 Å². The number of pyridine rings is 2. The van der Waals surface area contributed by atoms with Crippen LogP contribution < -0.4 is 0 Å². The molecule has 3 atom stereocenters. The standard InChI is InChI=1S/C27H28ClN3O/c1-16-22-14-31(15-23(16)22)26(32)18-5-6-21(24(28)10-18)20-9-19(12-29-13-20)17-7-8-30-25(11-17)27(2,3)4/h5-13,16,22-23H,14-15H2,1-4H3/t16-,22-,23+. The van der Waals surface area contributed by atoms with Gasteiger partial charge in [-0.25, -0.2) is 0 Å². The summed E-state index contributed by atoms with van der Waals surface area (Å²) in [6, 6.07) is 11.8. The van der Waals surface area contributed by atoms with Crippen LogP contribution >= 0.6 is 11.6 Å². The third kappa shape index (κ3) is 3.81. The summed E-state index contributed by atoms with van der Waals surface area (Å²) in [5, 5.41) is 0.567. The van der Waals surface area contributed by atoms with Crippen LogP contribution in [0.2, 0.25) is 5.02 Å². The Bertz CT molecular complexity index is 1190. The minimum Gasteiger partial charge on any atom is -0.338 e. The fourth-order valence-corrected chi connectivity index (χ4v) is 5.11. The fourth-order valence-electron chi connectivity index (χ4n) is 4.82. The first-order valence-corrected chi connectivity index (χ1v) is 11.6. The molecule has 1 aliphatic heterocycles. The number of rotatable bonds is 3. The van der Waals surface area contributed by atoms with E-state index in [-0.39, 0.29) is 11.3 Å². The summed E-state index contributed by atoms with van der Waals surface area (Å²) in [7, 11) is 0. The first-order valence-electron chi connectivity index (χ1n) is 11.2. The van der Waals surface area contributed by atoms with Crippen LogP contribution in [0.15, 0.2) is 55.0 Å². The lowest BCUT2D eigenvalue weighted by atomic mass is 9.90. The first-order chi connectivity index (χ1) is 15.2. The normalized spacial score (nSPS) is 22.0. The minimum atomic E-state index is -0.0272. The van der Waals surface area contributed by atoms with Gasteiger partial charge in [-0.2, -0.15) is 0 Å². The van der Waals surface area contributed by atoms with Crippen molar-refractivity contribution in [2.75, 3.05) is 13.1 Å². The van der Waals surface area contributed by atoms with Gasteiger partial charge in [0.2, 0.25) is 0 Å². The van der Waals surface area contributed by atoms with Crippen molar-refractivity contribution in [1.29, 1.82) is 0 Å². The number of fused-ring (bicyclic) bond motifs is 1. The van der Waals surface area contributed by atoms with Gasteiger partial charge in [-0.15, -0.1) is 0 Å². The van der Waals surface area contributed by atoms with E-state index < -0.39 is 0 Å². The molecule has 0 radical (unpaired) electrons. The summed E-state index contributed by atoms with van der Waals surface area (Å²) in [6.07, 6.45) is 5.52. The van der Waals surface area contributed by atoms with Crippen molar-refractivity contribution in [3.05, 3.63) is 71.3 Å². The van der Waals surface area contributed by atoms with Gasteiger partial charge in [0.05, 0.1) is 0 Å². The molecule has 0 spiro atoms. The van der Waals surface area contributed by atoms with Crippen LogP contribution in [0.1, 0.15) is 43.7 Å². The Labute approximate surface area is 194 Å². The molecule has 3 heterocycles. The van der Waals surface area contributed by atoms with Gasteiger partial charge in [0.25, 0.3) is 5.91 Å². The number of carbonyl (C=O) groups is 1. The molecule has 1 saturated heterocycles. The molecule has 2 aromatic heterocycles. The number of likely N-dealkylation sites (tertiary alicyclic amines) is 1. The van der Waals surface area contributed by atoms with Gasteiger partial charge in [-0.3, -0.25) is 14.8 Å². The Morgan fingerprint density at radius 2 is 1.72 bits per heavy atom. The van der Waals surface area contributed by atoms with E-state index in [9.17, 15) is 4.79 Å². The van der Waals surface area contributed by atoms with E-state index in [1.54, 1.807) is 6.07 Å². The van der Waals surface area contributed by atoms with Crippen LogP contribution in [0.3, 0.4) is 0 Å². The highest BCUT2D eigenvalue weighted by Crippen LogP contribution is 2.51. The summed E-state index contributed by atoms with van der Waals surface area (Å²) in [6.45, 7) is 10.5. The van der Waals surface area contributed by atoms with Crippen molar-refractivity contribution in [1.82, 2.24) is 14.9 Å². The number of hydrogen-bond acceptors (Lipinski definition) is 3. The number of hydrogen-bond donors (Lipinski definition) is 0. The SMILES string of the molecule is C[C@@H]1[C@H]2CN(C(=O)c3ccc(-c4cncc(-c5ccnc(C(C)(C)C)c5)c4)c(Cl)c3)C[C@@H]12. The zero-order valence-electron chi connectivity index (χ0n) is 19.0. The van der Waals surface area contributed by atoms with Crippen LogP contribution in [0, 0.1) is 17.8 Å². The van der Waals surface area contributed by atoms with Gasteiger partial charge < -0.3 is 4.90 Å². The molecule has 2 fully saturated rings. The summed E-state index contributed by atoms with van der Waals surface area (Å²) < 4.78 is 0. The minimum absolute atomic E-state index is 0.0272. The predicted octanol–water partition coefficient (Wildman–Crippen LogP) is 6.10. The molecule has 3 aromatic rings. The third-order valence-electron chi connectivity index (χ3n) is 7.04. The summed E-state index contributed by atoms with van der Waals surface area (Å²) in [5.41, 5.74) is 5.55. The highest BCUT2D eigenvalue weighted by atomic mass is 35.5. The molecule has 1 amide bonds. The van der Waals surface area contributed by atoms with E-state index in [1.807, 2.05) is 41.7 Å². The lowest BCUT2D eigenvalue weighted by molar-refractivity contribution is 0.0769. The number of aromatic nitrogens is 2. The second-order valence-electron chi connectivity index (χ2n) is 10.2. The Morgan fingerprint density at radius 3 is 2.41 bits per heavy atom. The van der Waals surface area contributed by atoms with Crippen LogP contribution in [0.25, 0.3) is 22.3 Å². The molecule has 1 saturated carbocycles. The lowest BCUT2D eigenvalue weighted by Gasteiger charge is -2.19. The number of halogens is 1.